The van der Waals surface area contributed by atoms with Crippen LogP contribution in [-0.2, 0) is 4.74 Å². The SMILES string of the molecule is C=C1/C=c2/ccncc2=NCC2=C(C=C=CC=C2)O1. The summed E-state index contributed by atoms with van der Waals surface area (Å²) >= 11 is 0. The van der Waals surface area contributed by atoms with Crippen LogP contribution in [0.15, 0.2) is 77.2 Å². The van der Waals surface area contributed by atoms with Gasteiger partial charge in [-0.25, -0.2) is 0 Å². The van der Waals surface area contributed by atoms with Gasteiger partial charge < -0.3 is 4.74 Å². The molecule has 0 atom stereocenters. The van der Waals surface area contributed by atoms with Crippen molar-refractivity contribution in [3.63, 3.8) is 0 Å². The van der Waals surface area contributed by atoms with E-state index in [0.717, 1.165) is 21.9 Å². The van der Waals surface area contributed by atoms with Gasteiger partial charge in [-0.1, -0.05) is 18.7 Å². The standard InChI is InChI=1S/C16H12N2O/c1-12-9-13-7-8-17-11-15(13)18-10-14-5-3-2-4-6-16(14)19-12/h2-3,5-9,11H,1,10H2/b13-9-,18-15?. The number of hydrogen-bond donors (Lipinski definition) is 0. The molecule has 0 spiro atoms. The fraction of sp³-hybridized carbons (Fsp3) is 0.0625. The van der Waals surface area contributed by atoms with Crippen molar-refractivity contribution in [2.45, 2.75) is 0 Å². The van der Waals surface area contributed by atoms with Gasteiger partial charge in [-0.2, -0.15) is 0 Å². The monoisotopic (exact) mass is 248 g/mol. The fourth-order valence-corrected chi connectivity index (χ4v) is 1.91. The molecule has 1 aromatic rings. The predicted molar refractivity (Wildman–Crippen MR) is 73.4 cm³/mol. The average molecular weight is 248 g/mol. The van der Waals surface area contributed by atoms with Gasteiger partial charge in [-0.05, 0) is 18.2 Å². The summed E-state index contributed by atoms with van der Waals surface area (Å²) in [4.78, 5) is 8.69. The minimum Gasteiger partial charge on any atom is -0.457 e. The molecule has 92 valence electrons. The molecule has 1 aliphatic carbocycles. The fourth-order valence-electron chi connectivity index (χ4n) is 1.91. The van der Waals surface area contributed by atoms with Gasteiger partial charge in [0, 0.05) is 23.1 Å². The van der Waals surface area contributed by atoms with Crippen LogP contribution in [0.4, 0.5) is 0 Å². The molecule has 0 unspecified atom stereocenters. The summed E-state index contributed by atoms with van der Waals surface area (Å²) in [5.41, 5.74) is 4.02. The molecule has 3 rings (SSSR count). The third-order valence-corrected chi connectivity index (χ3v) is 2.83. The number of fused-ring (bicyclic) bond motifs is 1. The molecular formula is C16H12N2O. The van der Waals surface area contributed by atoms with E-state index in [9.17, 15) is 0 Å². The van der Waals surface area contributed by atoms with Crippen LogP contribution >= 0.6 is 0 Å². The smallest absolute Gasteiger partial charge is 0.140 e. The molecular weight excluding hydrogens is 236 g/mol. The first-order valence-electron chi connectivity index (χ1n) is 5.98. The maximum absolute atomic E-state index is 5.77. The first-order valence-corrected chi connectivity index (χ1v) is 5.98. The van der Waals surface area contributed by atoms with Crippen molar-refractivity contribution >= 4 is 6.08 Å². The quantitative estimate of drug-likeness (QED) is 0.653. The Hall–Kier alpha value is -2.64. The van der Waals surface area contributed by atoms with Crippen molar-refractivity contribution in [1.29, 1.82) is 0 Å². The molecule has 19 heavy (non-hydrogen) atoms. The predicted octanol–water partition coefficient (Wildman–Crippen LogP) is 1.56. The second-order valence-corrected chi connectivity index (χ2v) is 4.19. The van der Waals surface area contributed by atoms with Crippen LogP contribution in [0, 0.1) is 0 Å². The lowest BCUT2D eigenvalue weighted by Crippen LogP contribution is -2.25. The molecule has 0 saturated carbocycles. The molecule has 1 aromatic heterocycles. The Morgan fingerprint density at radius 2 is 2.32 bits per heavy atom. The molecule has 3 heteroatoms. The van der Waals surface area contributed by atoms with E-state index in [1.807, 2.05) is 30.4 Å². The number of allylic oxidation sites excluding steroid dienone is 3. The highest BCUT2D eigenvalue weighted by Crippen LogP contribution is 2.16. The molecule has 0 radical (unpaired) electrons. The number of hydrogen-bond acceptors (Lipinski definition) is 3. The third-order valence-electron chi connectivity index (χ3n) is 2.83. The maximum Gasteiger partial charge on any atom is 0.140 e. The number of nitrogens with zero attached hydrogens (tertiary/aromatic N) is 2. The van der Waals surface area contributed by atoms with E-state index < -0.39 is 0 Å². The second-order valence-electron chi connectivity index (χ2n) is 4.19. The first-order chi connectivity index (χ1) is 9.33. The largest absolute Gasteiger partial charge is 0.457 e. The Kier molecular flexibility index (Phi) is 2.97. The van der Waals surface area contributed by atoms with Gasteiger partial charge in [0.1, 0.15) is 11.5 Å². The second kappa shape index (κ2) is 4.92. The van der Waals surface area contributed by atoms with Crippen molar-refractivity contribution in [3.8, 4) is 0 Å². The third kappa shape index (κ3) is 2.46. The van der Waals surface area contributed by atoms with E-state index in [0.29, 0.717) is 12.3 Å². The molecule has 2 aliphatic rings. The van der Waals surface area contributed by atoms with Gasteiger partial charge in [0.2, 0.25) is 0 Å². The Labute approximate surface area is 111 Å². The highest BCUT2D eigenvalue weighted by Gasteiger charge is 2.07. The summed E-state index contributed by atoms with van der Waals surface area (Å²) in [5.74, 6) is 1.31. The van der Waals surface area contributed by atoms with Crippen LogP contribution in [0.1, 0.15) is 0 Å². The Bertz CT molecular complexity index is 775. The van der Waals surface area contributed by atoms with Crippen molar-refractivity contribution in [2.24, 2.45) is 4.99 Å². The van der Waals surface area contributed by atoms with Crippen LogP contribution in [0.5, 0.6) is 0 Å². The summed E-state index contributed by atoms with van der Waals surface area (Å²) in [6, 6.07) is 1.90. The minimum absolute atomic E-state index is 0.539. The average Bonchev–Trinajstić information content (AvgIpc) is 2.59. The normalized spacial score (nSPS) is 18.7. The van der Waals surface area contributed by atoms with Crippen molar-refractivity contribution in [1.82, 2.24) is 4.98 Å². The minimum atomic E-state index is 0.539. The van der Waals surface area contributed by atoms with Gasteiger partial charge in [0.25, 0.3) is 0 Å². The lowest BCUT2D eigenvalue weighted by molar-refractivity contribution is 0.341. The molecule has 0 amide bonds. The summed E-state index contributed by atoms with van der Waals surface area (Å²) in [5, 5.41) is 1.80. The van der Waals surface area contributed by atoms with E-state index in [2.05, 4.69) is 22.3 Å². The van der Waals surface area contributed by atoms with Crippen molar-refractivity contribution in [2.75, 3.05) is 6.54 Å². The molecule has 3 nitrogen and oxygen atoms in total. The number of ether oxygens (including phenoxy) is 1. The lowest BCUT2D eigenvalue weighted by atomic mass is 10.2. The highest BCUT2D eigenvalue weighted by molar-refractivity contribution is 5.44. The molecule has 0 aromatic carbocycles. The summed E-state index contributed by atoms with van der Waals surface area (Å²) in [6.45, 7) is 4.46. The lowest BCUT2D eigenvalue weighted by Gasteiger charge is -2.07. The number of aromatic nitrogens is 1. The Morgan fingerprint density at radius 3 is 3.26 bits per heavy atom. The van der Waals surface area contributed by atoms with Crippen LogP contribution < -0.4 is 10.6 Å². The topological polar surface area (TPSA) is 34.5 Å². The van der Waals surface area contributed by atoms with E-state index in [4.69, 9.17) is 4.74 Å². The van der Waals surface area contributed by atoms with Gasteiger partial charge >= 0.3 is 0 Å². The van der Waals surface area contributed by atoms with Crippen LogP contribution in [0.25, 0.3) is 6.08 Å². The van der Waals surface area contributed by atoms with Crippen LogP contribution in [0.2, 0.25) is 0 Å². The number of rotatable bonds is 0. The van der Waals surface area contributed by atoms with Gasteiger partial charge in [0.15, 0.2) is 0 Å². The molecule has 0 fully saturated rings. The highest BCUT2D eigenvalue weighted by atomic mass is 16.5. The number of pyridine rings is 1. The molecule has 2 heterocycles. The Morgan fingerprint density at radius 1 is 1.37 bits per heavy atom. The molecule has 1 aliphatic heterocycles. The zero-order chi connectivity index (χ0) is 13.1. The van der Waals surface area contributed by atoms with Gasteiger partial charge in [-0.15, -0.1) is 5.73 Å². The van der Waals surface area contributed by atoms with Crippen LogP contribution in [0.3, 0.4) is 0 Å². The van der Waals surface area contributed by atoms with E-state index in [-0.39, 0.29) is 0 Å². The van der Waals surface area contributed by atoms with Gasteiger partial charge in [0.05, 0.1) is 18.1 Å². The maximum atomic E-state index is 5.77. The van der Waals surface area contributed by atoms with E-state index in [1.54, 1.807) is 18.5 Å². The van der Waals surface area contributed by atoms with E-state index >= 15 is 0 Å². The molecule has 0 N–H and O–H groups in total. The zero-order valence-corrected chi connectivity index (χ0v) is 10.3. The zero-order valence-electron chi connectivity index (χ0n) is 10.3. The molecule has 0 saturated heterocycles. The summed E-state index contributed by atoms with van der Waals surface area (Å²) < 4.78 is 5.77. The molecule has 0 bridgehead atoms. The van der Waals surface area contributed by atoms with E-state index in [1.165, 1.54) is 0 Å². The Balaban J connectivity index is 2.18. The van der Waals surface area contributed by atoms with Crippen molar-refractivity contribution < 1.29 is 4.74 Å². The summed E-state index contributed by atoms with van der Waals surface area (Å²) in [6.07, 6.45) is 12.9. The van der Waals surface area contributed by atoms with Gasteiger partial charge in [-0.3, -0.25) is 9.98 Å². The first kappa shape index (κ1) is 11.5. The van der Waals surface area contributed by atoms with Crippen molar-refractivity contribution in [3.05, 3.63) is 82.7 Å². The van der Waals surface area contributed by atoms with Crippen LogP contribution in [-0.4, -0.2) is 11.5 Å². The summed E-state index contributed by atoms with van der Waals surface area (Å²) in [7, 11) is 0.